The molecule has 2 amide bonds. The molecule has 0 bridgehead atoms. The molecule has 1 aliphatic rings. The van der Waals surface area contributed by atoms with Crippen molar-refractivity contribution in [1.82, 2.24) is 0 Å². The molecule has 3 aromatic rings. The van der Waals surface area contributed by atoms with E-state index in [4.69, 9.17) is 32.7 Å². The number of amides is 2. The van der Waals surface area contributed by atoms with Gasteiger partial charge in [0.1, 0.15) is 16.5 Å². The van der Waals surface area contributed by atoms with E-state index in [-0.39, 0.29) is 22.0 Å². The first-order chi connectivity index (χ1) is 18.6. The van der Waals surface area contributed by atoms with Crippen LogP contribution in [0.25, 0.3) is 0 Å². The summed E-state index contributed by atoms with van der Waals surface area (Å²) in [6.45, 7) is 5.82. The number of rotatable bonds is 8. The molecule has 1 N–H and O–H groups in total. The number of hydrogen-bond donors (Lipinski definition) is 1. The summed E-state index contributed by atoms with van der Waals surface area (Å²) in [6, 6.07) is 15.4. The van der Waals surface area contributed by atoms with Crippen molar-refractivity contribution in [3.05, 3.63) is 98.7 Å². The summed E-state index contributed by atoms with van der Waals surface area (Å²) >= 11 is 12.4. The van der Waals surface area contributed by atoms with E-state index in [2.05, 4.69) is 5.32 Å². The number of ether oxygens (including phenoxy) is 2. The maximum absolute atomic E-state index is 13.1. The summed E-state index contributed by atoms with van der Waals surface area (Å²) in [5, 5.41) is 3.18. The summed E-state index contributed by atoms with van der Waals surface area (Å²) in [5.74, 6) is -2.06. The van der Waals surface area contributed by atoms with Crippen molar-refractivity contribution in [2.24, 2.45) is 0 Å². The zero-order valence-corrected chi connectivity index (χ0v) is 22.9. The van der Waals surface area contributed by atoms with Gasteiger partial charge in [0.2, 0.25) is 0 Å². The largest absolute Gasteiger partial charge is 0.462 e. The van der Waals surface area contributed by atoms with Crippen LogP contribution in [0.4, 0.5) is 11.4 Å². The first kappa shape index (κ1) is 27.9. The van der Waals surface area contributed by atoms with Gasteiger partial charge in [0.15, 0.2) is 0 Å². The van der Waals surface area contributed by atoms with Gasteiger partial charge in [0.25, 0.3) is 11.8 Å². The lowest BCUT2D eigenvalue weighted by Crippen LogP contribution is -2.32. The number of aryl methyl sites for hydroxylation is 2. The maximum atomic E-state index is 13.1. The molecule has 0 saturated heterocycles. The fourth-order valence-corrected chi connectivity index (χ4v) is 4.16. The Bertz CT molecular complexity index is 1470. The van der Waals surface area contributed by atoms with Crippen molar-refractivity contribution in [2.45, 2.75) is 27.2 Å². The zero-order valence-electron chi connectivity index (χ0n) is 21.3. The summed E-state index contributed by atoms with van der Waals surface area (Å²) in [5.41, 5.74) is 2.71. The molecule has 1 aliphatic heterocycles. The fourth-order valence-electron chi connectivity index (χ4n) is 3.84. The third kappa shape index (κ3) is 5.97. The number of hydrogen-bond acceptors (Lipinski definition) is 7. The van der Waals surface area contributed by atoms with E-state index in [9.17, 15) is 19.2 Å². The van der Waals surface area contributed by atoms with E-state index in [0.29, 0.717) is 35.1 Å². The second-order valence-electron chi connectivity index (χ2n) is 8.78. The normalized spacial score (nSPS) is 13.1. The molecule has 200 valence electrons. The number of halogens is 2. The van der Waals surface area contributed by atoms with Gasteiger partial charge in [0.05, 0.1) is 23.4 Å². The van der Waals surface area contributed by atoms with Crippen LogP contribution in [0.5, 0.6) is 5.75 Å². The Morgan fingerprint density at radius 3 is 2.00 bits per heavy atom. The van der Waals surface area contributed by atoms with E-state index < -0.39 is 23.8 Å². The number of benzene rings is 3. The fraction of sp³-hybridized carbons (Fsp3) is 0.172. The number of imide groups is 1. The van der Waals surface area contributed by atoms with Gasteiger partial charge in [-0.3, -0.25) is 9.59 Å². The molecule has 39 heavy (non-hydrogen) atoms. The minimum Gasteiger partial charge on any atom is -0.462 e. The van der Waals surface area contributed by atoms with E-state index in [1.807, 2.05) is 20.8 Å². The van der Waals surface area contributed by atoms with Crippen LogP contribution in [0.15, 0.2) is 71.4 Å². The van der Waals surface area contributed by atoms with E-state index in [0.717, 1.165) is 16.0 Å². The van der Waals surface area contributed by atoms with E-state index in [1.54, 1.807) is 24.3 Å². The first-order valence-electron chi connectivity index (χ1n) is 12.0. The molecule has 0 saturated carbocycles. The Morgan fingerprint density at radius 2 is 1.41 bits per heavy atom. The van der Waals surface area contributed by atoms with Crippen LogP contribution in [0.1, 0.15) is 45.2 Å². The number of nitrogens with one attached hydrogen (secondary N) is 1. The van der Waals surface area contributed by atoms with Crippen LogP contribution in [0, 0.1) is 13.8 Å². The van der Waals surface area contributed by atoms with E-state index in [1.165, 1.54) is 36.4 Å². The van der Waals surface area contributed by atoms with Gasteiger partial charge < -0.3 is 14.8 Å². The molecule has 0 fully saturated rings. The Balaban J connectivity index is 1.44. The average Bonchev–Trinajstić information content (AvgIpc) is 3.13. The van der Waals surface area contributed by atoms with Crippen LogP contribution in [0.3, 0.4) is 0 Å². The minimum atomic E-state index is -0.709. The first-order valence-corrected chi connectivity index (χ1v) is 12.8. The molecule has 0 aromatic heterocycles. The third-order valence-electron chi connectivity index (χ3n) is 5.84. The lowest BCUT2D eigenvalue weighted by molar-refractivity contribution is -0.120. The molecule has 0 aliphatic carbocycles. The maximum Gasteiger partial charge on any atom is 0.343 e. The number of esters is 2. The van der Waals surface area contributed by atoms with Crippen molar-refractivity contribution in [3.8, 4) is 5.75 Å². The molecule has 1 heterocycles. The van der Waals surface area contributed by atoms with Gasteiger partial charge in [-0.25, -0.2) is 14.5 Å². The van der Waals surface area contributed by atoms with Gasteiger partial charge in [-0.15, -0.1) is 0 Å². The SMILES string of the molecule is CCCOC(=O)c1ccc(N2C(=O)C(Cl)=C(Nc3ccc(C(=O)Oc4cc(C)c(Cl)c(C)c4)cc3)C2=O)cc1. The highest BCUT2D eigenvalue weighted by molar-refractivity contribution is 6.53. The van der Waals surface area contributed by atoms with E-state index >= 15 is 0 Å². The Kier molecular flexibility index (Phi) is 8.38. The smallest absolute Gasteiger partial charge is 0.343 e. The summed E-state index contributed by atoms with van der Waals surface area (Å²) in [6.07, 6.45) is 0.691. The predicted molar refractivity (Wildman–Crippen MR) is 148 cm³/mol. The van der Waals surface area contributed by atoms with Crippen molar-refractivity contribution < 1.29 is 28.7 Å². The lowest BCUT2D eigenvalue weighted by atomic mass is 10.1. The number of anilines is 2. The number of carbonyl (C=O) groups excluding carboxylic acids is 4. The second kappa shape index (κ2) is 11.7. The Labute approximate surface area is 235 Å². The van der Waals surface area contributed by atoms with Crippen molar-refractivity contribution in [1.29, 1.82) is 0 Å². The molecule has 0 unspecified atom stereocenters. The second-order valence-corrected chi connectivity index (χ2v) is 9.54. The Morgan fingerprint density at radius 1 is 0.846 bits per heavy atom. The molecule has 10 heteroatoms. The van der Waals surface area contributed by atoms with Gasteiger partial charge in [-0.2, -0.15) is 0 Å². The predicted octanol–water partition coefficient (Wildman–Crippen LogP) is 6.18. The zero-order chi connectivity index (χ0) is 28.3. The molecular formula is C29H24Cl2N2O6. The lowest BCUT2D eigenvalue weighted by Gasteiger charge is -2.15. The highest BCUT2D eigenvalue weighted by atomic mass is 35.5. The quantitative estimate of drug-likeness (QED) is 0.197. The highest BCUT2D eigenvalue weighted by Crippen LogP contribution is 2.31. The summed E-state index contributed by atoms with van der Waals surface area (Å²) < 4.78 is 10.6. The van der Waals surface area contributed by atoms with Gasteiger partial charge >= 0.3 is 11.9 Å². The van der Waals surface area contributed by atoms with Gasteiger partial charge in [0, 0.05) is 10.7 Å². The van der Waals surface area contributed by atoms with Crippen molar-refractivity contribution in [3.63, 3.8) is 0 Å². The standard InChI is InChI=1S/C29H24Cl2N2O6/c1-4-13-38-28(36)18-7-11-21(12-8-18)33-26(34)24(31)25(27(33)35)32-20-9-5-19(6-10-20)29(37)39-22-14-16(2)23(30)17(3)15-22/h5-12,14-15,32H,4,13H2,1-3H3. The number of nitrogens with zero attached hydrogens (tertiary/aromatic N) is 1. The summed E-state index contributed by atoms with van der Waals surface area (Å²) in [4.78, 5) is 51.4. The molecule has 0 radical (unpaired) electrons. The van der Waals surface area contributed by atoms with Crippen LogP contribution in [-0.4, -0.2) is 30.4 Å². The van der Waals surface area contributed by atoms with Crippen molar-refractivity contribution in [2.75, 3.05) is 16.8 Å². The molecule has 4 rings (SSSR count). The molecule has 8 nitrogen and oxygen atoms in total. The molecule has 0 spiro atoms. The van der Waals surface area contributed by atoms with Crippen LogP contribution in [0.2, 0.25) is 5.02 Å². The topological polar surface area (TPSA) is 102 Å². The van der Waals surface area contributed by atoms with Crippen LogP contribution >= 0.6 is 23.2 Å². The van der Waals surface area contributed by atoms with Crippen LogP contribution < -0.4 is 15.0 Å². The summed E-state index contributed by atoms with van der Waals surface area (Å²) in [7, 11) is 0. The highest BCUT2D eigenvalue weighted by Gasteiger charge is 2.39. The number of carbonyl (C=O) groups is 4. The minimum absolute atomic E-state index is 0.115. The molecule has 3 aromatic carbocycles. The molecular weight excluding hydrogens is 543 g/mol. The third-order valence-corrected chi connectivity index (χ3v) is 6.78. The van der Waals surface area contributed by atoms with Gasteiger partial charge in [-0.1, -0.05) is 30.1 Å². The van der Waals surface area contributed by atoms with Gasteiger partial charge in [-0.05, 0) is 92.1 Å². The Hall–Kier alpha value is -4.14. The monoisotopic (exact) mass is 566 g/mol. The van der Waals surface area contributed by atoms with Crippen LogP contribution in [-0.2, 0) is 14.3 Å². The molecule has 0 atom stereocenters. The van der Waals surface area contributed by atoms with Crippen molar-refractivity contribution >= 4 is 58.3 Å². The average molecular weight is 567 g/mol.